The lowest BCUT2D eigenvalue weighted by Crippen LogP contribution is -2.73. The van der Waals surface area contributed by atoms with E-state index in [1.54, 1.807) is 14.2 Å². The lowest BCUT2D eigenvalue weighted by molar-refractivity contribution is -0.154. The Morgan fingerprint density at radius 3 is 2.26 bits per heavy atom. The SMILES string of the molecule is CCC12C(=O)C34C5C[C@H](Cc6ccc(Cl)cc6)N(C)C3[C@@H](COC)NC4[C@H](C)N(Cc3c(OC)cccc3Oc3ccc(-c4cnc(CN(C)C)n4C)cc3)C1C[C@@H](Cc1ccccc1)C2N(C)[C@@H](C)CN5. The van der Waals surface area contributed by atoms with Crippen LogP contribution in [0.4, 0.5) is 0 Å². The molecule has 12 atom stereocenters. The molecule has 1 aliphatic carbocycles. The van der Waals surface area contributed by atoms with Gasteiger partial charge in [0.1, 0.15) is 23.1 Å². The molecule has 2 N–H and O–H groups in total. The van der Waals surface area contributed by atoms with E-state index in [-0.39, 0.29) is 60.3 Å². The first-order chi connectivity index (χ1) is 34.7. The van der Waals surface area contributed by atoms with Crippen LogP contribution in [0.25, 0.3) is 11.3 Å². The number of likely N-dealkylation sites (tertiary alicyclic amines) is 2. The fourth-order valence-electron chi connectivity index (χ4n) is 14.9. The maximum absolute atomic E-state index is 17.5. The predicted octanol–water partition coefficient (Wildman–Crippen LogP) is 8.35. The molecule has 5 aromatic rings. The second-order valence-electron chi connectivity index (χ2n) is 22.1. The second kappa shape index (κ2) is 20.6. The monoisotopic (exact) mass is 997 g/mol. The van der Waals surface area contributed by atoms with Crippen LogP contribution in [-0.4, -0.2) is 145 Å². The summed E-state index contributed by atoms with van der Waals surface area (Å²) in [4.78, 5) is 32.3. The number of likely N-dealkylation sites (N-methyl/N-ethyl adjacent to an activating group) is 2. The van der Waals surface area contributed by atoms with Crippen molar-refractivity contribution in [1.82, 2.24) is 39.8 Å². The number of hydrogen-bond donors (Lipinski definition) is 2. The van der Waals surface area contributed by atoms with E-state index >= 15 is 4.79 Å². The molecule has 4 saturated heterocycles. The zero-order chi connectivity index (χ0) is 50.6. The number of rotatable bonds is 15. The van der Waals surface area contributed by atoms with E-state index in [4.69, 9.17) is 30.8 Å². The van der Waals surface area contributed by atoms with Gasteiger partial charge in [0.2, 0.25) is 0 Å². The highest BCUT2D eigenvalue weighted by Gasteiger charge is 2.77. The van der Waals surface area contributed by atoms with Gasteiger partial charge in [-0.1, -0.05) is 67.1 Å². The average Bonchev–Trinajstić information content (AvgIpc) is 4.02. The van der Waals surface area contributed by atoms with Crippen molar-refractivity contribution in [1.29, 1.82) is 0 Å². The quantitative estimate of drug-likeness (QED) is 0.106. The van der Waals surface area contributed by atoms with Gasteiger partial charge < -0.3 is 34.3 Å². The van der Waals surface area contributed by atoms with Gasteiger partial charge in [0.15, 0.2) is 5.78 Å². The number of aromatic nitrogens is 2. The molecule has 10 rings (SSSR count). The van der Waals surface area contributed by atoms with Crippen LogP contribution in [0.2, 0.25) is 5.02 Å². The van der Waals surface area contributed by atoms with Crippen LogP contribution in [-0.2, 0) is 42.5 Å². The molecule has 2 bridgehead atoms. The molecule has 72 heavy (non-hydrogen) atoms. The summed E-state index contributed by atoms with van der Waals surface area (Å²) in [7, 11) is 14.4. The summed E-state index contributed by atoms with van der Waals surface area (Å²) in [5.41, 5.74) is 4.15. The summed E-state index contributed by atoms with van der Waals surface area (Å²) in [6.07, 6.45) is 6.16. The van der Waals surface area contributed by atoms with Crippen LogP contribution in [0.3, 0.4) is 0 Å². The highest BCUT2D eigenvalue weighted by atomic mass is 35.5. The topological polar surface area (TPSA) is 99.6 Å². The van der Waals surface area contributed by atoms with Gasteiger partial charge in [-0.2, -0.15) is 0 Å². The van der Waals surface area contributed by atoms with Gasteiger partial charge in [-0.05, 0) is 140 Å². The van der Waals surface area contributed by atoms with Crippen LogP contribution >= 0.6 is 11.6 Å². The number of benzene rings is 4. The molecule has 384 valence electrons. The Labute approximate surface area is 433 Å². The van der Waals surface area contributed by atoms with Crippen LogP contribution in [0.1, 0.15) is 62.5 Å². The largest absolute Gasteiger partial charge is 0.496 e. The number of ether oxygens (including phenoxy) is 3. The molecule has 0 amide bonds. The minimum absolute atomic E-state index is 0.0110. The summed E-state index contributed by atoms with van der Waals surface area (Å²) >= 11 is 6.43. The van der Waals surface area contributed by atoms with E-state index in [0.717, 1.165) is 90.1 Å². The lowest BCUT2D eigenvalue weighted by Gasteiger charge is -2.57. The van der Waals surface area contributed by atoms with Crippen molar-refractivity contribution in [3.05, 3.63) is 131 Å². The summed E-state index contributed by atoms with van der Waals surface area (Å²) < 4.78 is 21.6. The fourth-order valence-corrected chi connectivity index (χ4v) is 15.0. The molecule has 5 aliphatic rings. The molecule has 5 fully saturated rings. The Balaban J connectivity index is 1.10. The number of nitrogens with one attached hydrogen (secondary N) is 2. The third-order valence-corrected chi connectivity index (χ3v) is 18.5. The molecule has 4 aromatic carbocycles. The molecule has 0 radical (unpaired) electrons. The molecule has 13 heteroatoms. The minimum Gasteiger partial charge on any atom is -0.496 e. The van der Waals surface area contributed by atoms with Gasteiger partial charge in [-0.3, -0.25) is 19.5 Å². The van der Waals surface area contributed by atoms with Crippen molar-refractivity contribution in [2.24, 2.45) is 23.8 Å². The molecule has 7 unspecified atom stereocenters. The smallest absolute Gasteiger partial charge is 0.153 e. The average molecular weight is 998 g/mol. The number of methoxy groups -OCH3 is 2. The number of carbonyl (C=O) groups is 1. The van der Waals surface area contributed by atoms with Gasteiger partial charge in [0, 0.05) is 92.2 Å². The molecular formula is C59H77ClN8O4. The fraction of sp³-hybridized carbons (Fsp3) is 0.525. The van der Waals surface area contributed by atoms with E-state index in [9.17, 15) is 0 Å². The summed E-state index contributed by atoms with van der Waals surface area (Å²) in [5, 5.41) is 9.23. The Kier molecular flexibility index (Phi) is 14.5. The van der Waals surface area contributed by atoms with Gasteiger partial charge in [-0.15, -0.1) is 0 Å². The van der Waals surface area contributed by atoms with Gasteiger partial charge in [-0.25, -0.2) is 4.98 Å². The third kappa shape index (κ3) is 8.61. The maximum atomic E-state index is 17.5. The summed E-state index contributed by atoms with van der Waals surface area (Å²) in [6.45, 7) is 9.67. The van der Waals surface area contributed by atoms with Crippen molar-refractivity contribution in [3.8, 4) is 28.5 Å². The Bertz CT molecular complexity index is 2680. The van der Waals surface area contributed by atoms with Gasteiger partial charge in [0.25, 0.3) is 0 Å². The van der Waals surface area contributed by atoms with Crippen LogP contribution < -0.4 is 20.1 Å². The zero-order valence-corrected chi connectivity index (χ0v) is 44.9. The molecule has 12 nitrogen and oxygen atoms in total. The van der Waals surface area contributed by atoms with Crippen molar-refractivity contribution >= 4 is 17.4 Å². The number of Topliss-reactive ketones (excluding diaryl/α,β-unsaturated/α-hetero) is 1. The highest BCUT2D eigenvalue weighted by Crippen LogP contribution is 2.63. The lowest BCUT2D eigenvalue weighted by atomic mass is 9.54. The molecule has 1 spiro atoms. The Morgan fingerprint density at radius 1 is 0.847 bits per heavy atom. The number of piperidine rings is 1. The first-order valence-electron chi connectivity index (χ1n) is 26.4. The van der Waals surface area contributed by atoms with E-state index in [0.29, 0.717) is 18.9 Å². The number of halogens is 1. The van der Waals surface area contributed by atoms with Crippen LogP contribution in [0, 0.1) is 16.7 Å². The standard InChI is InChI=1S/C59H77ClN8O4/c1-11-58-52-30-42(28-39-16-13-12-14-17-39)55(58)65(6)37(2)32-61-51-31-44(29-40-20-24-43(60)25-21-40)66(7)56-47(36-70-9)63-54(59(51,56)57(58)69)38(3)68(52)34-46-49(71-10)18-15-19-50(46)72-45-26-22-41(23-27-45)48-33-62-53(67(48)8)35-64(4)5/h12-27,33,37-38,42,44,47,51-52,54-56,61,63H,11,28-32,34-36H2,1-10H3/t37-,38-,42+,44-,47+,51?,52?,54?,55?,56?,58?,59?/m0/s1. The number of ketones is 1. The van der Waals surface area contributed by atoms with E-state index in [2.05, 4.69) is 158 Å². The van der Waals surface area contributed by atoms with E-state index < -0.39 is 10.8 Å². The number of nitrogens with zero attached hydrogens (tertiary/aromatic N) is 6. The molecule has 5 heterocycles. The molecule has 4 aliphatic heterocycles. The van der Waals surface area contributed by atoms with Crippen molar-refractivity contribution < 1.29 is 19.0 Å². The first-order valence-corrected chi connectivity index (χ1v) is 26.7. The van der Waals surface area contributed by atoms with Crippen LogP contribution in [0.15, 0.2) is 103 Å². The third-order valence-electron chi connectivity index (χ3n) is 18.2. The van der Waals surface area contributed by atoms with Crippen molar-refractivity contribution in [3.63, 3.8) is 0 Å². The number of imidazole rings is 1. The number of hydrogen-bond acceptors (Lipinski definition) is 11. The zero-order valence-electron chi connectivity index (χ0n) is 44.1. The second-order valence-corrected chi connectivity index (χ2v) is 22.6. The van der Waals surface area contributed by atoms with Gasteiger partial charge in [0.05, 0.1) is 48.5 Å². The summed E-state index contributed by atoms with van der Waals surface area (Å²) in [6, 6.07) is 33.5. The molecule has 1 aromatic heterocycles. The van der Waals surface area contributed by atoms with E-state index in [1.165, 1.54) is 11.1 Å². The normalized spacial score (nSPS) is 31.8. The highest BCUT2D eigenvalue weighted by molar-refractivity contribution is 6.30. The summed E-state index contributed by atoms with van der Waals surface area (Å²) in [5.74, 6) is 3.91. The predicted molar refractivity (Wildman–Crippen MR) is 287 cm³/mol. The first kappa shape index (κ1) is 50.9. The molecule has 1 saturated carbocycles. The minimum atomic E-state index is -0.787. The Morgan fingerprint density at radius 2 is 1.57 bits per heavy atom. The number of carbonyl (C=O) groups excluding carboxylic acids is 1. The van der Waals surface area contributed by atoms with E-state index in [1.807, 2.05) is 36.5 Å². The van der Waals surface area contributed by atoms with Crippen molar-refractivity contribution in [2.45, 2.75) is 120 Å². The van der Waals surface area contributed by atoms with Crippen molar-refractivity contribution in [2.75, 3.05) is 55.6 Å². The van der Waals surface area contributed by atoms with Gasteiger partial charge >= 0.3 is 0 Å². The maximum Gasteiger partial charge on any atom is 0.153 e. The molecular weight excluding hydrogens is 920 g/mol. The van der Waals surface area contributed by atoms with Crippen LogP contribution in [0.5, 0.6) is 17.2 Å². The Hall–Kier alpha value is -4.63.